The molecule has 0 atom stereocenters. The van der Waals surface area contributed by atoms with Crippen LogP contribution < -0.4 is 0 Å². The van der Waals surface area contributed by atoms with Crippen LogP contribution >= 0.6 is 12.4 Å². The fourth-order valence-corrected chi connectivity index (χ4v) is 2.70. The van der Waals surface area contributed by atoms with E-state index in [4.69, 9.17) is 5.26 Å². The van der Waals surface area contributed by atoms with E-state index in [0.29, 0.717) is 6.54 Å². The smallest absolute Gasteiger partial charge is 0.0868 e. The third-order valence-electron chi connectivity index (χ3n) is 3.72. The second-order valence-electron chi connectivity index (χ2n) is 4.90. The zero-order valence-electron chi connectivity index (χ0n) is 11.2. The van der Waals surface area contributed by atoms with Gasteiger partial charge in [0.15, 0.2) is 0 Å². The zero-order chi connectivity index (χ0) is 13.1. The van der Waals surface area contributed by atoms with Crippen molar-refractivity contribution in [2.24, 2.45) is 0 Å². The summed E-state index contributed by atoms with van der Waals surface area (Å²) in [5, 5.41) is 11.3. The number of hydrogen-bond acceptors (Lipinski definition) is 2. The predicted molar refractivity (Wildman–Crippen MR) is 85.8 cm³/mol. The summed E-state index contributed by atoms with van der Waals surface area (Å²) in [5.74, 6) is 0. The summed E-state index contributed by atoms with van der Waals surface area (Å²) < 4.78 is 0. The first kappa shape index (κ1) is 14.6. The van der Waals surface area contributed by atoms with E-state index in [0.717, 1.165) is 19.5 Å². The average Bonchev–Trinajstić information content (AvgIpc) is 2.48. The van der Waals surface area contributed by atoms with Crippen molar-refractivity contribution in [2.75, 3.05) is 19.6 Å². The van der Waals surface area contributed by atoms with Crippen molar-refractivity contribution in [1.82, 2.24) is 4.90 Å². The summed E-state index contributed by atoms with van der Waals surface area (Å²) >= 11 is 0. The maximum Gasteiger partial charge on any atom is 0.0868 e. The molecule has 20 heavy (non-hydrogen) atoms. The van der Waals surface area contributed by atoms with Crippen molar-refractivity contribution in [3.05, 3.63) is 54.1 Å². The molecule has 1 aliphatic rings. The SMILES string of the molecule is Cl.N#CCN1CC=C(c2cccc3ccccc23)CC1. The van der Waals surface area contributed by atoms with Crippen molar-refractivity contribution in [3.8, 4) is 6.07 Å². The molecule has 0 N–H and O–H groups in total. The van der Waals surface area contributed by atoms with Crippen LogP contribution in [0, 0.1) is 11.3 Å². The molecule has 2 aromatic carbocycles. The molecule has 0 radical (unpaired) electrons. The topological polar surface area (TPSA) is 27.0 Å². The Morgan fingerprint density at radius 1 is 1.10 bits per heavy atom. The molecule has 3 heteroatoms. The number of hydrogen-bond donors (Lipinski definition) is 0. The van der Waals surface area contributed by atoms with Crippen LogP contribution in [0.25, 0.3) is 16.3 Å². The van der Waals surface area contributed by atoms with Gasteiger partial charge in [-0.15, -0.1) is 12.4 Å². The fourth-order valence-electron chi connectivity index (χ4n) is 2.70. The minimum Gasteiger partial charge on any atom is -0.287 e. The van der Waals surface area contributed by atoms with E-state index >= 15 is 0 Å². The van der Waals surface area contributed by atoms with Gasteiger partial charge in [0.05, 0.1) is 12.6 Å². The molecule has 0 unspecified atom stereocenters. The molecule has 0 amide bonds. The van der Waals surface area contributed by atoms with Crippen molar-refractivity contribution in [3.63, 3.8) is 0 Å². The summed E-state index contributed by atoms with van der Waals surface area (Å²) in [4.78, 5) is 2.18. The van der Waals surface area contributed by atoms with Gasteiger partial charge in [-0.25, -0.2) is 0 Å². The molecule has 2 nitrogen and oxygen atoms in total. The summed E-state index contributed by atoms with van der Waals surface area (Å²) in [5.41, 5.74) is 2.75. The lowest BCUT2D eigenvalue weighted by Crippen LogP contribution is -2.28. The number of benzene rings is 2. The molecule has 0 aliphatic carbocycles. The van der Waals surface area contributed by atoms with Gasteiger partial charge in [0.25, 0.3) is 0 Å². The van der Waals surface area contributed by atoms with Crippen LogP contribution in [-0.4, -0.2) is 24.5 Å². The number of halogens is 1. The lowest BCUT2D eigenvalue weighted by atomic mass is 9.94. The molecule has 1 aliphatic heterocycles. The average molecular weight is 285 g/mol. The van der Waals surface area contributed by atoms with Crippen molar-refractivity contribution in [1.29, 1.82) is 5.26 Å². The van der Waals surface area contributed by atoms with E-state index in [2.05, 4.69) is 59.5 Å². The Bertz CT molecular complexity index is 665. The monoisotopic (exact) mass is 284 g/mol. The van der Waals surface area contributed by atoms with Gasteiger partial charge in [-0.3, -0.25) is 4.90 Å². The molecule has 0 saturated heterocycles. The van der Waals surface area contributed by atoms with Crippen molar-refractivity contribution in [2.45, 2.75) is 6.42 Å². The Morgan fingerprint density at radius 2 is 1.90 bits per heavy atom. The number of rotatable bonds is 2. The Hall–Kier alpha value is -1.82. The highest BCUT2D eigenvalue weighted by Crippen LogP contribution is 2.28. The lowest BCUT2D eigenvalue weighted by Gasteiger charge is -2.24. The number of fused-ring (bicyclic) bond motifs is 1. The summed E-state index contributed by atoms with van der Waals surface area (Å²) in [6.07, 6.45) is 3.29. The van der Waals surface area contributed by atoms with E-state index in [1.54, 1.807) is 0 Å². The van der Waals surface area contributed by atoms with Crippen LogP contribution in [0.3, 0.4) is 0 Å². The summed E-state index contributed by atoms with van der Waals surface area (Å²) in [6.45, 7) is 2.38. The molecule has 0 spiro atoms. The van der Waals surface area contributed by atoms with Crippen LogP contribution in [0.15, 0.2) is 48.5 Å². The first-order valence-corrected chi connectivity index (χ1v) is 6.65. The second-order valence-corrected chi connectivity index (χ2v) is 4.90. The molecule has 2 aromatic rings. The maximum absolute atomic E-state index is 8.73. The highest BCUT2D eigenvalue weighted by molar-refractivity contribution is 5.94. The quantitative estimate of drug-likeness (QED) is 0.783. The van der Waals surface area contributed by atoms with Gasteiger partial charge in [-0.2, -0.15) is 5.26 Å². The molecule has 3 rings (SSSR count). The van der Waals surface area contributed by atoms with Gasteiger partial charge in [0.1, 0.15) is 0 Å². The van der Waals surface area contributed by atoms with E-state index in [1.807, 2.05) is 0 Å². The van der Waals surface area contributed by atoms with Crippen molar-refractivity contribution >= 4 is 28.8 Å². The summed E-state index contributed by atoms with van der Waals surface area (Å²) in [6, 6.07) is 17.2. The molecular weight excluding hydrogens is 268 g/mol. The molecular formula is C17H17ClN2. The van der Waals surface area contributed by atoms with E-state index in [1.165, 1.54) is 21.9 Å². The first-order chi connectivity index (χ1) is 9.38. The van der Waals surface area contributed by atoms with Crippen LogP contribution in [0.5, 0.6) is 0 Å². The van der Waals surface area contributed by atoms with Gasteiger partial charge in [0.2, 0.25) is 0 Å². The Balaban J connectivity index is 0.00000147. The lowest BCUT2D eigenvalue weighted by molar-refractivity contribution is 0.338. The van der Waals surface area contributed by atoms with Gasteiger partial charge >= 0.3 is 0 Å². The third-order valence-corrected chi connectivity index (χ3v) is 3.72. The van der Waals surface area contributed by atoms with Crippen LogP contribution in [0.4, 0.5) is 0 Å². The Morgan fingerprint density at radius 3 is 2.65 bits per heavy atom. The highest BCUT2D eigenvalue weighted by atomic mass is 35.5. The number of nitrogens with zero attached hydrogens (tertiary/aromatic N) is 2. The summed E-state index contributed by atoms with van der Waals surface area (Å²) in [7, 11) is 0. The van der Waals surface area contributed by atoms with E-state index in [9.17, 15) is 0 Å². The van der Waals surface area contributed by atoms with Crippen LogP contribution in [0.1, 0.15) is 12.0 Å². The predicted octanol–water partition coefficient (Wildman–Crippen LogP) is 3.87. The van der Waals surface area contributed by atoms with E-state index in [-0.39, 0.29) is 12.4 Å². The first-order valence-electron chi connectivity index (χ1n) is 6.65. The van der Waals surface area contributed by atoms with Crippen molar-refractivity contribution < 1.29 is 0 Å². The minimum atomic E-state index is 0. The second kappa shape index (κ2) is 6.56. The fraction of sp³-hybridized carbons (Fsp3) is 0.235. The van der Waals surface area contributed by atoms with Gasteiger partial charge < -0.3 is 0 Å². The minimum absolute atomic E-state index is 0. The van der Waals surface area contributed by atoms with Crippen LogP contribution in [-0.2, 0) is 0 Å². The molecule has 0 fully saturated rings. The highest BCUT2D eigenvalue weighted by Gasteiger charge is 2.13. The zero-order valence-corrected chi connectivity index (χ0v) is 12.1. The molecule has 0 bridgehead atoms. The third kappa shape index (κ3) is 2.85. The largest absolute Gasteiger partial charge is 0.287 e. The normalized spacial score (nSPS) is 15.2. The molecule has 0 saturated carbocycles. The standard InChI is InChI=1S/C17H16N2.ClH/c18-10-13-19-11-8-15(9-12-19)17-7-3-5-14-4-1-2-6-16(14)17;/h1-8H,9,11-13H2;1H. The Kier molecular flexibility index (Phi) is 4.79. The molecule has 0 aromatic heterocycles. The van der Waals surface area contributed by atoms with E-state index < -0.39 is 0 Å². The number of nitriles is 1. The maximum atomic E-state index is 8.73. The molecule has 1 heterocycles. The van der Waals surface area contributed by atoms with Gasteiger partial charge in [0, 0.05) is 13.1 Å². The molecule has 102 valence electrons. The van der Waals surface area contributed by atoms with Gasteiger partial charge in [-0.05, 0) is 28.3 Å². The van der Waals surface area contributed by atoms with Gasteiger partial charge in [-0.1, -0.05) is 48.5 Å². The van der Waals surface area contributed by atoms with Crippen LogP contribution in [0.2, 0.25) is 0 Å². The Labute approximate surface area is 125 Å².